The standard InChI is InChI=1S/C27H56BNO3PSi/c1-3-5-7-9-11-12-13-14-16-18-23-27(30)32-26(21-17-15-10-8-6-4-2)22-19-20-25(29)24-31-34(28)33/h25-26H,3-24,29,33H2,1-2H3. The molecule has 0 aromatic carbocycles. The third kappa shape index (κ3) is 25.2. The van der Waals surface area contributed by atoms with Crippen LogP contribution in [0.4, 0.5) is 0 Å². The number of hydrogen-bond donors (Lipinski definition) is 1. The molecule has 199 valence electrons. The fourth-order valence-corrected chi connectivity index (χ4v) is 5.01. The number of esters is 1. The van der Waals surface area contributed by atoms with E-state index in [1.165, 1.54) is 83.5 Å². The lowest BCUT2D eigenvalue weighted by Crippen LogP contribution is -2.29. The molecule has 3 unspecified atom stereocenters. The van der Waals surface area contributed by atoms with Gasteiger partial charge in [0.25, 0.3) is 0 Å². The first-order valence-electron chi connectivity index (χ1n) is 14.4. The molecule has 0 saturated heterocycles. The Hall–Kier alpha value is 0.102. The number of nitrogens with two attached hydrogens (primary N) is 1. The van der Waals surface area contributed by atoms with E-state index < -0.39 is 8.58 Å². The first kappa shape index (κ1) is 34.1. The van der Waals surface area contributed by atoms with Crippen LogP contribution in [0.1, 0.15) is 149 Å². The van der Waals surface area contributed by atoms with Gasteiger partial charge < -0.3 is 14.9 Å². The fraction of sp³-hybridized carbons (Fsp3) is 0.963. The summed E-state index contributed by atoms with van der Waals surface area (Å²) in [6.07, 6.45) is 24.7. The van der Waals surface area contributed by atoms with Crippen molar-refractivity contribution in [2.45, 2.75) is 161 Å². The van der Waals surface area contributed by atoms with Gasteiger partial charge in [0.1, 0.15) is 6.10 Å². The molecule has 0 aliphatic rings. The van der Waals surface area contributed by atoms with Crippen molar-refractivity contribution in [2.24, 2.45) is 5.73 Å². The van der Waals surface area contributed by atoms with Gasteiger partial charge in [-0.25, -0.2) is 0 Å². The van der Waals surface area contributed by atoms with Crippen molar-refractivity contribution in [1.29, 1.82) is 0 Å². The molecule has 0 aromatic heterocycles. The molecule has 0 aliphatic carbocycles. The van der Waals surface area contributed by atoms with Crippen LogP contribution in [0.25, 0.3) is 0 Å². The zero-order chi connectivity index (χ0) is 25.3. The molecule has 0 saturated carbocycles. The minimum Gasteiger partial charge on any atom is -0.462 e. The summed E-state index contributed by atoms with van der Waals surface area (Å²) >= 11 is 0. The van der Waals surface area contributed by atoms with Crippen LogP contribution >= 0.6 is 8.79 Å². The number of hydrogen-bond acceptors (Lipinski definition) is 4. The molecule has 2 N–H and O–H groups in total. The van der Waals surface area contributed by atoms with Crippen LogP contribution in [0, 0.1) is 0 Å². The first-order valence-corrected chi connectivity index (χ1v) is 17.7. The van der Waals surface area contributed by atoms with Gasteiger partial charge in [-0.2, -0.15) is 0 Å². The van der Waals surface area contributed by atoms with Gasteiger partial charge >= 0.3 is 5.97 Å². The average Bonchev–Trinajstić information content (AvgIpc) is 2.81. The molecule has 3 atom stereocenters. The predicted octanol–water partition coefficient (Wildman–Crippen LogP) is 7.50. The molecular weight excluding hydrogens is 456 g/mol. The van der Waals surface area contributed by atoms with Crippen LogP contribution in [0.5, 0.6) is 0 Å². The van der Waals surface area contributed by atoms with Crippen molar-refractivity contribution in [3.63, 3.8) is 0 Å². The van der Waals surface area contributed by atoms with Gasteiger partial charge in [0, 0.05) is 19.1 Å². The van der Waals surface area contributed by atoms with Gasteiger partial charge in [-0.05, 0) is 38.5 Å². The number of unbranched alkanes of at least 4 members (excludes halogenated alkanes) is 14. The zero-order valence-corrected chi connectivity index (χ0v) is 24.8. The number of rotatable bonds is 26. The Labute approximate surface area is 217 Å². The lowest BCUT2D eigenvalue weighted by molar-refractivity contribution is -0.150. The Balaban J connectivity index is 4.08. The van der Waals surface area contributed by atoms with Gasteiger partial charge in [-0.15, -0.1) is 8.79 Å². The van der Waals surface area contributed by atoms with Gasteiger partial charge in [-0.3, -0.25) is 4.79 Å². The summed E-state index contributed by atoms with van der Waals surface area (Å²) in [6, 6.07) is 0.00106. The van der Waals surface area contributed by atoms with Gasteiger partial charge in [0.05, 0.1) is 7.44 Å². The topological polar surface area (TPSA) is 61.6 Å². The molecule has 0 rings (SSSR count). The predicted molar refractivity (Wildman–Crippen MR) is 153 cm³/mol. The summed E-state index contributed by atoms with van der Waals surface area (Å²) in [4.78, 5) is 12.5. The van der Waals surface area contributed by atoms with E-state index in [-0.39, 0.29) is 18.1 Å². The average molecular weight is 513 g/mol. The molecule has 0 aromatic rings. The minimum atomic E-state index is -1.26. The first-order chi connectivity index (χ1) is 16.5. The Bertz CT molecular complexity index is 446. The molecule has 7 heteroatoms. The molecule has 0 heterocycles. The molecule has 3 radical (unpaired) electrons. The quantitative estimate of drug-likeness (QED) is 0.0564. The van der Waals surface area contributed by atoms with Crippen molar-refractivity contribution < 1.29 is 14.0 Å². The van der Waals surface area contributed by atoms with Crippen LogP contribution < -0.4 is 5.73 Å². The van der Waals surface area contributed by atoms with E-state index >= 15 is 0 Å². The van der Waals surface area contributed by atoms with Crippen LogP contribution in [0.3, 0.4) is 0 Å². The number of carbonyl (C=O) groups is 1. The largest absolute Gasteiger partial charge is 0.462 e. The number of carbonyl (C=O) groups excluding carboxylic acids is 1. The highest BCUT2D eigenvalue weighted by molar-refractivity contribution is 7.70. The normalized spacial score (nSPS) is 13.3. The summed E-state index contributed by atoms with van der Waals surface area (Å²) < 4.78 is 11.4. The minimum absolute atomic E-state index is 0.00106. The van der Waals surface area contributed by atoms with Crippen LogP contribution in [-0.4, -0.2) is 40.7 Å². The Kier molecular flexibility index (Phi) is 26.3. The third-order valence-electron chi connectivity index (χ3n) is 6.48. The highest BCUT2D eigenvalue weighted by atomic mass is 31.3. The van der Waals surface area contributed by atoms with E-state index in [4.69, 9.17) is 22.3 Å². The van der Waals surface area contributed by atoms with Gasteiger partial charge in [0.15, 0.2) is 8.58 Å². The van der Waals surface area contributed by atoms with E-state index in [9.17, 15) is 4.79 Å². The van der Waals surface area contributed by atoms with Gasteiger partial charge in [-0.1, -0.05) is 104 Å². The third-order valence-corrected chi connectivity index (χ3v) is 7.48. The summed E-state index contributed by atoms with van der Waals surface area (Å²) in [5, 5.41) is 0. The smallest absolute Gasteiger partial charge is 0.306 e. The highest BCUT2D eigenvalue weighted by Gasteiger charge is 2.15. The molecular formula is C27H56BNO3PSi. The molecule has 0 fully saturated rings. The van der Waals surface area contributed by atoms with Crippen molar-refractivity contribution in [3.8, 4) is 0 Å². The maximum Gasteiger partial charge on any atom is 0.306 e. The summed E-state index contributed by atoms with van der Waals surface area (Å²) in [6.45, 7) is 5.02. The summed E-state index contributed by atoms with van der Waals surface area (Å²) in [5.41, 5.74) is 6.14. The second kappa shape index (κ2) is 26.2. The molecule has 4 nitrogen and oxygen atoms in total. The van der Waals surface area contributed by atoms with E-state index in [1.807, 2.05) is 0 Å². The van der Waals surface area contributed by atoms with Crippen LogP contribution in [-0.2, 0) is 14.0 Å². The SMILES string of the molecule is [B][Si](P)OCC(N)CCCC(CCCCCCCC)OC(=O)CCCCCCCCCCCC. The van der Waals surface area contributed by atoms with Crippen molar-refractivity contribution >= 4 is 30.8 Å². The Morgan fingerprint density at radius 1 is 0.765 bits per heavy atom. The molecule has 0 spiro atoms. The Morgan fingerprint density at radius 3 is 1.76 bits per heavy atom. The van der Waals surface area contributed by atoms with E-state index in [1.54, 1.807) is 0 Å². The number of ether oxygens (including phenoxy) is 1. The van der Waals surface area contributed by atoms with Gasteiger partial charge in [0.2, 0.25) is 0 Å². The second-order valence-electron chi connectivity index (χ2n) is 10.0. The van der Waals surface area contributed by atoms with Crippen molar-refractivity contribution in [1.82, 2.24) is 0 Å². The maximum absolute atomic E-state index is 12.5. The monoisotopic (exact) mass is 512 g/mol. The lowest BCUT2D eigenvalue weighted by Gasteiger charge is -2.20. The molecule has 34 heavy (non-hydrogen) atoms. The zero-order valence-electron chi connectivity index (χ0n) is 22.7. The highest BCUT2D eigenvalue weighted by Crippen LogP contribution is 2.18. The van der Waals surface area contributed by atoms with Crippen LogP contribution in [0.2, 0.25) is 0 Å². The van der Waals surface area contributed by atoms with E-state index in [0.29, 0.717) is 13.0 Å². The molecule has 0 aliphatic heterocycles. The fourth-order valence-electron chi connectivity index (χ4n) is 4.31. The second-order valence-corrected chi connectivity index (χ2v) is 12.8. The summed E-state index contributed by atoms with van der Waals surface area (Å²) in [7, 11) is 6.95. The van der Waals surface area contributed by atoms with E-state index in [2.05, 4.69) is 22.6 Å². The molecule has 0 amide bonds. The molecule has 0 bridgehead atoms. The Morgan fingerprint density at radius 2 is 1.24 bits per heavy atom. The lowest BCUT2D eigenvalue weighted by atomic mass is 10.0. The van der Waals surface area contributed by atoms with E-state index in [0.717, 1.165) is 44.9 Å². The van der Waals surface area contributed by atoms with Crippen molar-refractivity contribution in [2.75, 3.05) is 6.61 Å². The summed E-state index contributed by atoms with van der Waals surface area (Å²) in [5.74, 6) is -0.0124. The van der Waals surface area contributed by atoms with Crippen LogP contribution in [0.15, 0.2) is 0 Å². The maximum atomic E-state index is 12.5. The van der Waals surface area contributed by atoms with Crippen molar-refractivity contribution in [3.05, 3.63) is 0 Å².